The minimum absolute atomic E-state index is 0.941. The molecular weight excluding hydrogens is 268 g/mol. The largest absolute Gasteiger partial charge is 0.139 e. The van der Waals surface area contributed by atoms with Gasteiger partial charge >= 0.3 is 0 Å². The molecule has 2 heteroatoms. The summed E-state index contributed by atoms with van der Waals surface area (Å²) in [6, 6.07) is 9.49. The average Bonchev–Trinajstić information content (AvgIpc) is 3.06. The number of fused-ring (bicyclic) bond motifs is 3. The second-order valence-electron chi connectivity index (χ2n) is 5.84. The van der Waals surface area contributed by atoms with Crippen molar-refractivity contribution >= 4 is 42.2 Å². The lowest BCUT2D eigenvalue weighted by atomic mass is 9.97. The van der Waals surface area contributed by atoms with Gasteiger partial charge in [0.05, 0.1) is 4.70 Å². The summed E-state index contributed by atoms with van der Waals surface area (Å²) in [5, 5.41) is 1.49. The maximum Gasteiger partial charge on any atom is 0.0532 e. The van der Waals surface area contributed by atoms with E-state index in [9.17, 15) is 0 Å². The van der Waals surface area contributed by atoms with Gasteiger partial charge in [0.2, 0.25) is 0 Å². The lowest BCUT2D eigenvalue weighted by molar-refractivity contribution is 0.547. The first-order valence-electron chi connectivity index (χ1n) is 7.21. The predicted octanol–water partition coefficient (Wildman–Crippen LogP) is 6.16. The summed E-state index contributed by atoms with van der Waals surface area (Å²) in [5.41, 5.74) is 1.55. The Kier molecular flexibility index (Phi) is 2.89. The molecule has 1 aliphatic rings. The van der Waals surface area contributed by atoms with Gasteiger partial charge in [-0.2, -0.15) is 0 Å². The lowest BCUT2D eigenvalue weighted by Gasteiger charge is -2.08. The molecule has 1 fully saturated rings. The molecule has 0 atom stereocenters. The van der Waals surface area contributed by atoms with Gasteiger partial charge in [0, 0.05) is 19.7 Å². The van der Waals surface area contributed by atoms with E-state index in [2.05, 4.69) is 31.2 Å². The number of aryl methyl sites for hydroxylation is 1. The molecule has 3 aromatic rings. The molecule has 0 nitrogen and oxygen atoms in total. The van der Waals surface area contributed by atoms with E-state index in [0.717, 1.165) is 5.92 Å². The molecule has 0 saturated heterocycles. The van der Waals surface area contributed by atoms with Crippen LogP contribution in [0.5, 0.6) is 0 Å². The SMILES string of the molecule is Cc1cc2sc3ccc(CC4CCCC4)cc3c2s1. The van der Waals surface area contributed by atoms with Crippen molar-refractivity contribution in [2.24, 2.45) is 5.92 Å². The molecule has 19 heavy (non-hydrogen) atoms. The molecule has 0 unspecified atom stereocenters. The standard InChI is InChI=1S/C17H18S2/c1-11-8-16-17(18-11)14-10-13(6-7-15(14)19-16)9-12-4-2-3-5-12/h6-8,10,12H,2-5,9H2,1H3. The minimum Gasteiger partial charge on any atom is -0.139 e. The Bertz CT molecular complexity index is 726. The first-order chi connectivity index (χ1) is 9.29. The van der Waals surface area contributed by atoms with Crippen LogP contribution in [-0.2, 0) is 6.42 Å². The van der Waals surface area contributed by atoms with Gasteiger partial charge in [0.1, 0.15) is 0 Å². The fourth-order valence-electron chi connectivity index (χ4n) is 3.39. The van der Waals surface area contributed by atoms with Crippen molar-refractivity contribution in [2.75, 3.05) is 0 Å². The fraction of sp³-hybridized carbons (Fsp3) is 0.412. The van der Waals surface area contributed by atoms with Gasteiger partial charge in [0.15, 0.2) is 0 Å². The highest BCUT2D eigenvalue weighted by atomic mass is 32.1. The summed E-state index contributed by atoms with van der Waals surface area (Å²) in [7, 11) is 0. The number of thiophene rings is 2. The predicted molar refractivity (Wildman–Crippen MR) is 87.6 cm³/mol. The van der Waals surface area contributed by atoms with Crippen LogP contribution in [0.25, 0.3) is 19.5 Å². The van der Waals surface area contributed by atoms with Crippen molar-refractivity contribution in [1.29, 1.82) is 0 Å². The van der Waals surface area contributed by atoms with Crippen LogP contribution in [0.2, 0.25) is 0 Å². The van der Waals surface area contributed by atoms with Crippen LogP contribution >= 0.6 is 22.7 Å². The zero-order chi connectivity index (χ0) is 12.8. The molecule has 1 saturated carbocycles. The number of benzene rings is 1. The van der Waals surface area contributed by atoms with Gasteiger partial charge in [-0.25, -0.2) is 0 Å². The Morgan fingerprint density at radius 2 is 1.89 bits per heavy atom. The van der Waals surface area contributed by atoms with Gasteiger partial charge in [-0.3, -0.25) is 0 Å². The normalized spacial score (nSPS) is 16.9. The summed E-state index contributed by atoms with van der Waals surface area (Å²) in [6.45, 7) is 2.21. The molecule has 1 aliphatic carbocycles. The lowest BCUT2D eigenvalue weighted by Crippen LogP contribution is -1.98. The summed E-state index contributed by atoms with van der Waals surface area (Å²) in [4.78, 5) is 1.43. The summed E-state index contributed by atoms with van der Waals surface area (Å²) >= 11 is 3.89. The van der Waals surface area contributed by atoms with E-state index in [1.807, 2.05) is 22.7 Å². The molecule has 0 N–H and O–H groups in total. The first-order valence-corrected chi connectivity index (χ1v) is 8.84. The van der Waals surface area contributed by atoms with E-state index in [0.29, 0.717) is 0 Å². The smallest absolute Gasteiger partial charge is 0.0532 e. The Morgan fingerprint density at radius 1 is 1.05 bits per heavy atom. The highest BCUT2D eigenvalue weighted by Gasteiger charge is 2.16. The van der Waals surface area contributed by atoms with Crippen molar-refractivity contribution in [3.05, 3.63) is 34.7 Å². The highest BCUT2D eigenvalue weighted by Crippen LogP contribution is 2.40. The van der Waals surface area contributed by atoms with Crippen LogP contribution in [0.4, 0.5) is 0 Å². The summed E-state index contributed by atoms with van der Waals surface area (Å²) in [5.74, 6) is 0.941. The van der Waals surface area contributed by atoms with Gasteiger partial charge < -0.3 is 0 Å². The molecule has 0 aliphatic heterocycles. The van der Waals surface area contributed by atoms with E-state index >= 15 is 0 Å². The maximum absolute atomic E-state index is 2.46. The number of hydrogen-bond acceptors (Lipinski definition) is 2. The molecule has 4 rings (SSSR count). The second-order valence-corrected chi connectivity index (χ2v) is 8.18. The van der Waals surface area contributed by atoms with Crippen LogP contribution in [-0.4, -0.2) is 0 Å². The van der Waals surface area contributed by atoms with Crippen molar-refractivity contribution in [3.8, 4) is 0 Å². The maximum atomic E-state index is 2.46. The summed E-state index contributed by atoms with van der Waals surface area (Å²) in [6.07, 6.45) is 7.06. The van der Waals surface area contributed by atoms with E-state index < -0.39 is 0 Å². The molecule has 2 aromatic heterocycles. The Morgan fingerprint density at radius 3 is 2.74 bits per heavy atom. The molecule has 0 amide bonds. The number of rotatable bonds is 2. The molecule has 0 bridgehead atoms. The topological polar surface area (TPSA) is 0 Å². The van der Waals surface area contributed by atoms with Crippen LogP contribution < -0.4 is 0 Å². The van der Waals surface area contributed by atoms with Gasteiger partial charge in [-0.1, -0.05) is 31.7 Å². The van der Waals surface area contributed by atoms with Gasteiger partial charge in [-0.05, 0) is 43.0 Å². The van der Waals surface area contributed by atoms with Crippen molar-refractivity contribution in [1.82, 2.24) is 0 Å². The van der Waals surface area contributed by atoms with Crippen molar-refractivity contribution in [2.45, 2.75) is 39.0 Å². The third-order valence-corrected chi connectivity index (χ3v) is 6.66. The molecule has 1 aromatic carbocycles. The Hall–Kier alpha value is -0.860. The molecule has 2 heterocycles. The monoisotopic (exact) mass is 286 g/mol. The summed E-state index contributed by atoms with van der Waals surface area (Å²) < 4.78 is 4.43. The zero-order valence-corrected chi connectivity index (χ0v) is 12.9. The zero-order valence-electron chi connectivity index (χ0n) is 11.2. The fourth-order valence-corrected chi connectivity index (χ4v) is 5.80. The van der Waals surface area contributed by atoms with Crippen LogP contribution in [0, 0.1) is 12.8 Å². The van der Waals surface area contributed by atoms with Gasteiger partial charge in [0.25, 0.3) is 0 Å². The molecule has 0 radical (unpaired) electrons. The van der Waals surface area contributed by atoms with Crippen molar-refractivity contribution in [3.63, 3.8) is 0 Å². The number of hydrogen-bond donors (Lipinski definition) is 0. The minimum atomic E-state index is 0.941. The van der Waals surface area contributed by atoms with Crippen LogP contribution in [0.3, 0.4) is 0 Å². The first kappa shape index (κ1) is 11.9. The molecule has 0 spiro atoms. The van der Waals surface area contributed by atoms with Crippen LogP contribution in [0.1, 0.15) is 36.1 Å². The van der Waals surface area contributed by atoms with Gasteiger partial charge in [-0.15, -0.1) is 22.7 Å². The van der Waals surface area contributed by atoms with Crippen LogP contribution in [0.15, 0.2) is 24.3 Å². The van der Waals surface area contributed by atoms with E-state index in [1.54, 1.807) is 5.56 Å². The third-order valence-electron chi connectivity index (χ3n) is 4.33. The van der Waals surface area contributed by atoms with E-state index in [1.165, 1.54) is 56.5 Å². The Balaban J connectivity index is 1.77. The molecule has 98 valence electrons. The van der Waals surface area contributed by atoms with E-state index in [-0.39, 0.29) is 0 Å². The van der Waals surface area contributed by atoms with Crippen molar-refractivity contribution < 1.29 is 0 Å². The van der Waals surface area contributed by atoms with E-state index in [4.69, 9.17) is 0 Å². The molecular formula is C17H18S2. The second kappa shape index (κ2) is 4.60. The Labute approximate surface area is 122 Å². The highest BCUT2D eigenvalue weighted by molar-refractivity contribution is 7.32. The third kappa shape index (κ3) is 2.11. The quantitative estimate of drug-likeness (QED) is 0.529. The average molecular weight is 286 g/mol.